The van der Waals surface area contributed by atoms with Gasteiger partial charge in [0.15, 0.2) is 0 Å². The number of hydrogen-bond acceptors (Lipinski definition) is 2. The molecule has 1 unspecified atom stereocenters. The molecule has 0 aliphatic heterocycles. The first-order valence-electron chi connectivity index (χ1n) is 6.19. The zero-order chi connectivity index (χ0) is 14.4. The fourth-order valence-electron chi connectivity index (χ4n) is 1.81. The van der Waals surface area contributed by atoms with Gasteiger partial charge in [0.1, 0.15) is 11.7 Å². The summed E-state index contributed by atoms with van der Waals surface area (Å²) in [7, 11) is 0. The van der Waals surface area contributed by atoms with Gasteiger partial charge in [0.25, 0.3) is 0 Å². The molecule has 20 heavy (non-hydrogen) atoms. The number of carbonyl (C=O) groups excluding carboxylic acids is 1. The molecule has 3 nitrogen and oxygen atoms in total. The van der Waals surface area contributed by atoms with E-state index in [1.165, 1.54) is 24.3 Å². The van der Waals surface area contributed by atoms with E-state index in [0.29, 0.717) is 12.1 Å². The SMILES string of the molecule is N#CC(Cc1ccccc1)C(=O)Nc1ccc(F)cc1. The molecule has 0 saturated heterocycles. The molecule has 1 amide bonds. The molecule has 2 aromatic carbocycles. The summed E-state index contributed by atoms with van der Waals surface area (Å²) < 4.78 is 12.8. The number of anilines is 1. The van der Waals surface area contributed by atoms with Crippen molar-refractivity contribution in [3.63, 3.8) is 0 Å². The van der Waals surface area contributed by atoms with E-state index < -0.39 is 5.92 Å². The molecule has 0 radical (unpaired) electrons. The summed E-state index contributed by atoms with van der Waals surface area (Å²) >= 11 is 0. The average molecular weight is 268 g/mol. The second kappa shape index (κ2) is 6.48. The van der Waals surface area contributed by atoms with Gasteiger partial charge in [0.2, 0.25) is 5.91 Å². The Morgan fingerprint density at radius 2 is 1.80 bits per heavy atom. The monoisotopic (exact) mass is 268 g/mol. The third-order valence-electron chi connectivity index (χ3n) is 2.87. The summed E-state index contributed by atoms with van der Waals surface area (Å²) in [4.78, 5) is 12.0. The van der Waals surface area contributed by atoms with E-state index in [0.717, 1.165) is 5.56 Å². The smallest absolute Gasteiger partial charge is 0.242 e. The first kappa shape index (κ1) is 13.8. The first-order chi connectivity index (χ1) is 9.69. The number of carbonyl (C=O) groups is 1. The summed E-state index contributed by atoms with van der Waals surface area (Å²) in [6.07, 6.45) is 0.352. The lowest BCUT2D eigenvalue weighted by molar-refractivity contribution is -0.118. The third kappa shape index (κ3) is 3.66. The number of nitriles is 1. The van der Waals surface area contributed by atoms with E-state index in [1.807, 2.05) is 36.4 Å². The number of rotatable bonds is 4. The largest absolute Gasteiger partial charge is 0.325 e. The van der Waals surface area contributed by atoms with Crippen molar-refractivity contribution in [3.05, 3.63) is 66.0 Å². The lowest BCUT2D eigenvalue weighted by Crippen LogP contribution is -2.23. The van der Waals surface area contributed by atoms with E-state index in [9.17, 15) is 9.18 Å². The minimum absolute atomic E-state index is 0.352. The lowest BCUT2D eigenvalue weighted by Gasteiger charge is -2.10. The van der Waals surface area contributed by atoms with Crippen LogP contribution >= 0.6 is 0 Å². The second-order valence-electron chi connectivity index (χ2n) is 4.37. The molecule has 100 valence electrons. The van der Waals surface area contributed by atoms with Crippen molar-refractivity contribution in [3.8, 4) is 6.07 Å². The predicted molar refractivity (Wildman–Crippen MR) is 74.3 cm³/mol. The second-order valence-corrected chi connectivity index (χ2v) is 4.37. The van der Waals surface area contributed by atoms with Gasteiger partial charge in [0.05, 0.1) is 6.07 Å². The highest BCUT2D eigenvalue weighted by Crippen LogP contribution is 2.13. The van der Waals surface area contributed by atoms with Crippen LogP contribution in [0, 0.1) is 23.1 Å². The van der Waals surface area contributed by atoms with Crippen molar-refractivity contribution in [1.82, 2.24) is 0 Å². The van der Waals surface area contributed by atoms with E-state index in [2.05, 4.69) is 5.32 Å². The van der Waals surface area contributed by atoms with Crippen LogP contribution in [0.2, 0.25) is 0 Å². The summed E-state index contributed by atoms with van der Waals surface area (Å²) in [6.45, 7) is 0. The van der Waals surface area contributed by atoms with Crippen molar-refractivity contribution >= 4 is 11.6 Å². The molecule has 2 aromatic rings. The molecule has 0 bridgehead atoms. The van der Waals surface area contributed by atoms with Crippen LogP contribution in [0.1, 0.15) is 5.56 Å². The molecule has 0 spiro atoms. The average Bonchev–Trinajstić information content (AvgIpc) is 2.48. The van der Waals surface area contributed by atoms with Gasteiger partial charge in [-0.3, -0.25) is 4.79 Å². The minimum Gasteiger partial charge on any atom is -0.325 e. The Hall–Kier alpha value is -2.67. The Bertz CT molecular complexity index is 617. The van der Waals surface area contributed by atoms with E-state index >= 15 is 0 Å². The van der Waals surface area contributed by atoms with Gasteiger partial charge < -0.3 is 5.32 Å². The van der Waals surface area contributed by atoms with Crippen LogP contribution in [0.5, 0.6) is 0 Å². The molecule has 0 aliphatic carbocycles. The fraction of sp³-hybridized carbons (Fsp3) is 0.125. The Kier molecular flexibility index (Phi) is 4.46. The van der Waals surface area contributed by atoms with Crippen molar-refractivity contribution in [2.24, 2.45) is 5.92 Å². The molecular weight excluding hydrogens is 255 g/mol. The Morgan fingerprint density at radius 1 is 1.15 bits per heavy atom. The highest BCUT2D eigenvalue weighted by Gasteiger charge is 2.18. The standard InChI is InChI=1S/C16H13FN2O/c17-14-6-8-15(9-7-14)19-16(20)13(11-18)10-12-4-2-1-3-5-12/h1-9,13H,10H2,(H,19,20). The van der Waals surface area contributed by atoms with Crippen LogP contribution in [0.25, 0.3) is 0 Å². The maximum absolute atomic E-state index is 12.8. The van der Waals surface area contributed by atoms with Crippen molar-refractivity contribution in [2.45, 2.75) is 6.42 Å². The molecule has 1 N–H and O–H groups in total. The van der Waals surface area contributed by atoms with Gasteiger partial charge >= 0.3 is 0 Å². The maximum atomic E-state index is 12.8. The summed E-state index contributed by atoms with van der Waals surface area (Å²) in [5.74, 6) is -1.53. The van der Waals surface area contributed by atoms with Crippen LogP contribution in [0.4, 0.5) is 10.1 Å². The summed E-state index contributed by atoms with van der Waals surface area (Å²) in [5, 5.41) is 11.7. The van der Waals surface area contributed by atoms with Crippen LogP contribution in [0.3, 0.4) is 0 Å². The highest BCUT2D eigenvalue weighted by molar-refractivity contribution is 5.94. The lowest BCUT2D eigenvalue weighted by atomic mass is 10.00. The normalized spacial score (nSPS) is 11.4. The van der Waals surface area contributed by atoms with Crippen molar-refractivity contribution in [2.75, 3.05) is 5.32 Å². The molecule has 2 rings (SSSR count). The number of nitrogens with one attached hydrogen (secondary N) is 1. The Balaban J connectivity index is 2.03. The van der Waals surface area contributed by atoms with Crippen LogP contribution in [-0.4, -0.2) is 5.91 Å². The summed E-state index contributed by atoms with van der Waals surface area (Å²) in [5.41, 5.74) is 1.40. The molecule has 4 heteroatoms. The zero-order valence-corrected chi connectivity index (χ0v) is 10.7. The van der Waals surface area contributed by atoms with Crippen LogP contribution < -0.4 is 5.32 Å². The molecule has 0 fully saturated rings. The number of benzene rings is 2. The van der Waals surface area contributed by atoms with Gasteiger partial charge in [-0.25, -0.2) is 4.39 Å². The number of halogens is 1. The van der Waals surface area contributed by atoms with Gasteiger partial charge in [-0.15, -0.1) is 0 Å². The number of amides is 1. The topological polar surface area (TPSA) is 52.9 Å². The molecule has 0 heterocycles. The van der Waals surface area contributed by atoms with Crippen LogP contribution in [0.15, 0.2) is 54.6 Å². The highest BCUT2D eigenvalue weighted by atomic mass is 19.1. The first-order valence-corrected chi connectivity index (χ1v) is 6.19. The fourth-order valence-corrected chi connectivity index (χ4v) is 1.81. The summed E-state index contributed by atoms with van der Waals surface area (Å²) in [6, 6.07) is 16.8. The third-order valence-corrected chi connectivity index (χ3v) is 2.87. The quantitative estimate of drug-likeness (QED) is 0.926. The van der Waals surface area contributed by atoms with Gasteiger partial charge in [0, 0.05) is 5.69 Å². The molecule has 0 saturated carbocycles. The van der Waals surface area contributed by atoms with Gasteiger partial charge in [-0.2, -0.15) is 5.26 Å². The van der Waals surface area contributed by atoms with Gasteiger partial charge in [-0.05, 0) is 36.2 Å². The van der Waals surface area contributed by atoms with E-state index in [1.54, 1.807) is 0 Å². The molecule has 0 aromatic heterocycles. The number of hydrogen-bond donors (Lipinski definition) is 1. The van der Waals surface area contributed by atoms with E-state index in [4.69, 9.17) is 5.26 Å². The van der Waals surface area contributed by atoms with Gasteiger partial charge in [-0.1, -0.05) is 30.3 Å². The predicted octanol–water partition coefficient (Wildman–Crippen LogP) is 3.15. The minimum atomic E-state index is -0.776. The zero-order valence-electron chi connectivity index (χ0n) is 10.7. The Morgan fingerprint density at radius 3 is 2.40 bits per heavy atom. The molecule has 0 aliphatic rings. The molecular formula is C16H13FN2O. The van der Waals surface area contributed by atoms with Crippen molar-refractivity contribution in [1.29, 1.82) is 5.26 Å². The van der Waals surface area contributed by atoms with Crippen LogP contribution in [-0.2, 0) is 11.2 Å². The molecule has 1 atom stereocenters. The number of nitrogens with zero attached hydrogens (tertiary/aromatic N) is 1. The maximum Gasteiger partial charge on any atom is 0.242 e. The Labute approximate surface area is 116 Å². The van der Waals surface area contributed by atoms with Crippen molar-refractivity contribution < 1.29 is 9.18 Å². The van der Waals surface area contributed by atoms with E-state index in [-0.39, 0.29) is 11.7 Å².